The number of esters is 1. The van der Waals surface area contributed by atoms with Gasteiger partial charge >= 0.3 is 13.6 Å². The lowest BCUT2D eigenvalue weighted by Crippen LogP contribution is -2.37. The van der Waals surface area contributed by atoms with Crippen LogP contribution in [0.4, 0.5) is 0 Å². The van der Waals surface area contributed by atoms with Crippen molar-refractivity contribution in [3.8, 4) is 0 Å². The van der Waals surface area contributed by atoms with E-state index >= 15 is 0 Å². The third-order valence-corrected chi connectivity index (χ3v) is 4.82. The van der Waals surface area contributed by atoms with Gasteiger partial charge in [-0.05, 0) is 58.7 Å². The topological polar surface area (TPSA) is 107 Å². The molecule has 124 valence electrons. The number of carbonyl (C=O) groups is 1. The number of carbonyl (C=O) groups excluding carboxylic acids is 1. The normalized spacial score (nSPS) is 19.4. The molecule has 0 radical (unpaired) electrons. The Hall–Kier alpha value is -0.460. The molecule has 0 aromatic rings. The maximum absolute atomic E-state index is 11.6. The molecule has 8 heteroatoms. The highest BCUT2D eigenvalue weighted by Crippen LogP contribution is 2.41. The summed E-state index contributed by atoms with van der Waals surface area (Å²) < 4.78 is 15.8. The van der Waals surface area contributed by atoms with Gasteiger partial charge < -0.3 is 24.5 Å². The van der Waals surface area contributed by atoms with Crippen molar-refractivity contribution in [2.24, 2.45) is 5.92 Å². The third-order valence-electron chi connectivity index (χ3n) is 3.78. The Labute approximate surface area is 125 Å². The Bertz CT molecular complexity index is 364. The van der Waals surface area contributed by atoms with Crippen LogP contribution in [0.3, 0.4) is 0 Å². The van der Waals surface area contributed by atoms with Crippen molar-refractivity contribution in [1.82, 2.24) is 4.90 Å². The van der Waals surface area contributed by atoms with Crippen molar-refractivity contribution in [3.63, 3.8) is 0 Å². The smallest absolute Gasteiger partial charge is 0.353 e. The molecule has 1 rings (SSSR count). The van der Waals surface area contributed by atoms with E-state index in [9.17, 15) is 14.5 Å². The number of rotatable bonds is 8. The summed E-state index contributed by atoms with van der Waals surface area (Å²) in [5.41, 5.74) is 0. The largest absolute Gasteiger partial charge is 0.466 e. The highest BCUT2D eigenvalue weighted by atomic mass is 31.2. The molecule has 0 aliphatic carbocycles. The Balaban J connectivity index is 2.14. The summed E-state index contributed by atoms with van der Waals surface area (Å²) in [5, 5.41) is 9.24. The molecule has 1 fully saturated rings. The van der Waals surface area contributed by atoms with Gasteiger partial charge in [0, 0.05) is 0 Å². The van der Waals surface area contributed by atoms with E-state index in [0.717, 1.165) is 38.9 Å². The van der Waals surface area contributed by atoms with Gasteiger partial charge in [0.25, 0.3) is 0 Å². The fourth-order valence-electron chi connectivity index (χ4n) is 2.48. The van der Waals surface area contributed by atoms with Gasteiger partial charge in [0.05, 0.1) is 12.5 Å². The molecular formula is C13H26NO6P. The first-order valence-corrected chi connectivity index (χ1v) is 9.15. The highest BCUT2D eigenvalue weighted by Gasteiger charge is 2.27. The number of unbranched alkanes of at least 4 members (excludes halogenated alkanes) is 1. The van der Waals surface area contributed by atoms with E-state index in [1.807, 2.05) is 0 Å². The molecule has 1 unspecified atom stereocenters. The van der Waals surface area contributed by atoms with Crippen LogP contribution in [0.1, 0.15) is 39.0 Å². The van der Waals surface area contributed by atoms with Crippen LogP contribution < -0.4 is 0 Å². The second-order valence-electron chi connectivity index (χ2n) is 5.43. The minimum Gasteiger partial charge on any atom is -0.466 e. The average molecular weight is 323 g/mol. The summed E-state index contributed by atoms with van der Waals surface area (Å²) in [4.78, 5) is 31.4. The van der Waals surface area contributed by atoms with Crippen LogP contribution in [0.15, 0.2) is 0 Å². The monoisotopic (exact) mass is 323 g/mol. The summed E-state index contributed by atoms with van der Waals surface area (Å²) in [5.74, 6) is -1.66. The number of piperidine rings is 1. The zero-order valence-electron chi connectivity index (χ0n) is 12.5. The van der Waals surface area contributed by atoms with Gasteiger partial charge in [-0.2, -0.15) is 0 Å². The third kappa shape index (κ3) is 6.89. The molecule has 7 nitrogen and oxygen atoms in total. The molecule has 3 N–H and O–H groups in total. The van der Waals surface area contributed by atoms with Crippen LogP contribution in [-0.4, -0.2) is 57.8 Å². The van der Waals surface area contributed by atoms with Crippen molar-refractivity contribution in [1.29, 1.82) is 0 Å². The summed E-state index contributed by atoms with van der Waals surface area (Å²) in [6.45, 7) is 4.72. The summed E-state index contributed by atoms with van der Waals surface area (Å²) in [6.07, 6.45) is 3.06. The lowest BCUT2D eigenvalue weighted by atomic mass is 9.97. The van der Waals surface area contributed by atoms with Gasteiger partial charge in [0.2, 0.25) is 0 Å². The second-order valence-corrected chi connectivity index (χ2v) is 7.21. The maximum Gasteiger partial charge on any atom is 0.353 e. The van der Waals surface area contributed by atoms with Crippen LogP contribution in [0.25, 0.3) is 0 Å². The summed E-state index contributed by atoms with van der Waals surface area (Å²) in [6, 6.07) is 0. The number of ether oxygens (including phenoxy) is 1. The summed E-state index contributed by atoms with van der Waals surface area (Å²) in [7, 11) is -4.36. The van der Waals surface area contributed by atoms with Gasteiger partial charge in [0.1, 0.15) is 0 Å². The molecule has 1 aliphatic heterocycles. The predicted octanol–water partition coefficient (Wildman–Crippen LogP) is 0.928. The second kappa shape index (κ2) is 8.86. The van der Waals surface area contributed by atoms with Crippen LogP contribution in [-0.2, 0) is 14.1 Å². The quantitative estimate of drug-likeness (QED) is 0.346. The minimum absolute atomic E-state index is 0.00215. The molecule has 0 aromatic carbocycles. The zero-order chi connectivity index (χ0) is 15.9. The highest BCUT2D eigenvalue weighted by molar-refractivity contribution is 7.52. The van der Waals surface area contributed by atoms with Gasteiger partial charge in [-0.15, -0.1) is 0 Å². The van der Waals surface area contributed by atoms with Crippen molar-refractivity contribution in [2.75, 3.05) is 26.2 Å². The molecule has 1 aliphatic rings. The summed E-state index contributed by atoms with van der Waals surface area (Å²) >= 11 is 0. The van der Waals surface area contributed by atoms with Crippen molar-refractivity contribution < 1.29 is 29.0 Å². The minimum atomic E-state index is -4.36. The number of hydrogen-bond acceptors (Lipinski definition) is 5. The van der Waals surface area contributed by atoms with E-state index in [1.54, 1.807) is 6.92 Å². The van der Waals surface area contributed by atoms with E-state index in [4.69, 9.17) is 14.5 Å². The number of aliphatic hydroxyl groups excluding tert-OH is 1. The Morgan fingerprint density at radius 2 is 1.95 bits per heavy atom. The van der Waals surface area contributed by atoms with Crippen molar-refractivity contribution in [2.45, 2.75) is 44.9 Å². The van der Waals surface area contributed by atoms with Crippen molar-refractivity contribution in [3.05, 3.63) is 0 Å². The molecule has 0 bridgehead atoms. The fraction of sp³-hybridized carbons (Fsp3) is 0.923. The first kappa shape index (κ1) is 18.6. The Morgan fingerprint density at radius 3 is 2.48 bits per heavy atom. The first-order chi connectivity index (χ1) is 9.84. The molecule has 21 heavy (non-hydrogen) atoms. The van der Waals surface area contributed by atoms with Gasteiger partial charge in [0.15, 0.2) is 5.85 Å². The molecule has 0 saturated carbocycles. The number of nitrogens with zero attached hydrogens (tertiary/aromatic N) is 1. The van der Waals surface area contributed by atoms with Crippen LogP contribution in [0.2, 0.25) is 0 Å². The van der Waals surface area contributed by atoms with Crippen molar-refractivity contribution >= 4 is 13.6 Å². The molecular weight excluding hydrogens is 297 g/mol. The van der Waals surface area contributed by atoms with Crippen LogP contribution >= 0.6 is 7.60 Å². The number of aliphatic hydroxyl groups is 1. The molecule has 0 aromatic heterocycles. The van der Waals surface area contributed by atoms with Gasteiger partial charge in [-0.1, -0.05) is 0 Å². The average Bonchev–Trinajstić information content (AvgIpc) is 2.43. The fourth-order valence-corrected chi connectivity index (χ4v) is 3.00. The molecule has 1 heterocycles. The van der Waals surface area contributed by atoms with E-state index in [0.29, 0.717) is 13.0 Å². The molecule has 1 atom stereocenters. The van der Waals surface area contributed by atoms with Gasteiger partial charge in [-0.25, -0.2) is 0 Å². The molecule has 0 amide bonds. The standard InChI is InChI=1S/C13H26NO6P/c1-2-20-13(16)11-6-9-14(10-7-11)8-4-3-5-12(15)21(17,18)19/h11-12,15H,2-10H2,1H3,(H2,17,18,19). The predicted molar refractivity (Wildman–Crippen MR) is 77.7 cm³/mol. The number of likely N-dealkylation sites (tertiary alicyclic amines) is 1. The lowest BCUT2D eigenvalue weighted by molar-refractivity contribution is -0.149. The van der Waals surface area contributed by atoms with Crippen LogP contribution in [0.5, 0.6) is 0 Å². The molecule has 0 spiro atoms. The van der Waals surface area contributed by atoms with E-state index in [1.165, 1.54) is 0 Å². The van der Waals surface area contributed by atoms with E-state index in [-0.39, 0.29) is 18.3 Å². The number of hydrogen-bond donors (Lipinski definition) is 3. The lowest BCUT2D eigenvalue weighted by Gasteiger charge is -2.30. The molecule has 1 saturated heterocycles. The zero-order valence-corrected chi connectivity index (χ0v) is 13.4. The van der Waals surface area contributed by atoms with E-state index < -0.39 is 13.4 Å². The van der Waals surface area contributed by atoms with Gasteiger partial charge in [-0.3, -0.25) is 9.36 Å². The SMILES string of the molecule is CCOC(=O)C1CCN(CCCCC(O)P(=O)(O)O)CC1. The maximum atomic E-state index is 11.6. The van der Waals surface area contributed by atoms with Crippen LogP contribution in [0, 0.1) is 5.92 Å². The first-order valence-electron chi connectivity index (χ1n) is 7.47. The Morgan fingerprint density at radius 1 is 1.33 bits per heavy atom. The Kier molecular flexibility index (Phi) is 7.84. The van der Waals surface area contributed by atoms with E-state index in [2.05, 4.69) is 4.90 Å².